The molecule has 6 heteroatoms. The fourth-order valence-corrected chi connectivity index (χ4v) is 5.69. The van der Waals surface area contributed by atoms with Crippen LogP contribution in [0.25, 0.3) is 0 Å². The van der Waals surface area contributed by atoms with Crippen LogP contribution < -0.4 is 0 Å². The van der Waals surface area contributed by atoms with Crippen LogP contribution in [-0.4, -0.2) is 50.8 Å². The third-order valence-electron chi connectivity index (χ3n) is 7.46. The highest BCUT2D eigenvalue weighted by Gasteiger charge is 2.51. The molecule has 1 aromatic carbocycles. The summed E-state index contributed by atoms with van der Waals surface area (Å²) in [5.74, 6) is -0.232. The van der Waals surface area contributed by atoms with E-state index in [9.17, 15) is 4.79 Å². The van der Waals surface area contributed by atoms with Crippen molar-refractivity contribution in [1.29, 1.82) is 0 Å². The first-order valence-electron chi connectivity index (χ1n) is 11.8. The van der Waals surface area contributed by atoms with Crippen LogP contribution in [0.4, 0.5) is 0 Å². The van der Waals surface area contributed by atoms with Gasteiger partial charge in [0, 0.05) is 18.4 Å². The Labute approximate surface area is 193 Å². The van der Waals surface area contributed by atoms with Crippen LogP contribution in [-0.2, 0) is 25.1 Å². The maximum Gasteiger partial charge on any atom is 0.333 e. The summed E-state index contributed by atoms with van der Waals surface area (Å²) in [6.07, 6.45) is 7.85. The highest BCUT2D eigenvalue weighted by molar-refractivity contribution is 6.74. The third kappa shape index (κ3) is 4.38. The second-order valence-corrected chi connectivity index (χ2v) is 15.3. The Hall–Kier alpha value is -1.73. The minimum Gasteiger partial charge on any atom is -0.463 e. The molecule has 0 N–H and O–H groups in total. The number of carbonyl (C=O) groups is 1. The minimum absolute atomic E-state index is 0.0303. The predicted octanol–water partition coefficient (Wildman–Crippen LogP) is 5.15. The molecule has 5 nitrogen and oxygen atoms in total. The highest BCUT2D eigenvalue weighted by atomic mass is 28.4. The standard InChI is InChI=1S/C26H37NO4Si/c1-7-29-25(28)19-15-20(12-10-14-30-32(5,6)26(2,3)4)27-23(17-19)31-22-16-18-11-8-9-13-21(18)24(22)27/h8-13,15,20,22-24H,7,14,16-17H2,1-6H3/b12-10+/t20-,22-,23-,24+/m1/s1. The Kier molecular flexibility index (Phi) is 6.51. The van der Waals surface area contributed by atoms with E-state index in [-0.39, 0.29) is 35.4 Å². The SMILES string of the molecule is CCOC(=O)C1=C[C@@H](/C=C/CO[Si](C)(C)C(C)(C)C)N2[C@@H](C1)O[C@@H]1Cc3ccccc3[C@@H]12. The van der Waals surface area contributed by atoms with Gasteiger partial charge in [0.25, 0.3) is 0 Å². The number of rotatable bonds is 6. The van der Waals surface area contributed by atoms with Gasteiger partial charge in [0.05, 0.1) is 31.4 Å². The van der Waals surface area contributed by atoms with E-state index in [1.807, 2.05) is 6.92 Å². The first-order valence-corrected chi connectivity index (χ1v) is 14.7. The molecule has 0 spiro atoms. The topological polar surface area (TPSA) is 48.0 Å². The van der Waals surface area contributed by atoms with E-state index in [2.05, 4.69) is 81.3 Å². The lowest BCUT2D eigenvalue weighted by Crippen LogP contribution is -2.43. The molecule has 0 radical (unpaired) electrons. The largest absolute Gasteiger partial charge is 0.463 e. The molecule has 0 unspecified atom stereocenters. The number of benzene rings is 1. The molecule has 1 aliphatic carbocycles. The lowest BCUT2D eigenvalue weighted by Gasteiger charge is -2.37. The molecule has 1 saturated heterocycles. The fraction of sp³-hybridized carbons (Fsp3) is 0.577. The summed E-state index contributed by atoms with van der Waals surface area (Å²) in [7, 11) is -1.81. The minimum atomic E-state index is -1.81. The van der Waals surface area contributed by atoms with E-state index in [1.54, 1.807) is 0 Å². The second kappa shape index (κ2) is 8.90. The number of esters is 1. The number of carbonyl (C=O) groups excluding carboxylic acids is 1. The average Bonchev–Trinajstić information content (AvgIpc) is 3.25. The zero-order chi connectivity index (χ0) is 23.1. The Morgan fingerprint density at radius 1 is 1.25 bits per heavy atom. The molecule has 0 saturated carbocycles. The molecular weight excluding hydrogens is 418 g/mol. The zero-order valence-corrected chi connectivity index (χ0v) is 21.3. The first kappa shape index (κ1) is 23.4. The van der Waals surface area contributed by atoms with Gasteiger partial charge in [-0.15, -0.1) is 0 Å². The molecule has 0 bridgehead atoms. The third-order valence-corrected chi connectivity index (χ3v) is 12.0. The average molecular weight is 456 g/mol. The monoisotopic (exact) mass is 455 g/mol. The summed E-state index contributed by atoms with van der Waals surface area (Å²) in [6.45, 7) is 14.1. The number of hydrogen-bond acceptors (Lipinski definition) is 5. The normalized spacial score (nSPS) is 27.8. The number of nitrogens with zero attached hydrogens (tertiary/aromatic N) is 1. The maximum absolute atomic E-state index is 12.5. The molecule has 174 valence electrons. The van der Waals surface area contributed by atoms with E-state index in [0.29, 0.717) is 25.2 Å². The number of fused-ring (bicyclic) bond motifs is 5. The summed E-state index contributed by atoms with van der Waals surface area (Å²) in [6, 6.07) is 8.81. The van der Waals surface area contributed by atoms with Crippen molar-refractivity contribution < 1.29 is 18.7 Å². The summed E-state index contributed by atoms with van der Waals surface area (Å²) < 4.78 is 18.1. The van der Waals surface area contributed by atoms with Gasteiger partial charge in [-0.2, -0.15) is 0 Å². The van der Waals surface area contributed by atoms with E-state index in [4.69, 9.17) is 13.9 Å². The highest BCUT2D eigenvalue weighted by Crippen LogP contribution is 2.48. The van der Waals surface area contributed by atoms with Crippen molar-refractivity contribution in [3.8, 4) is 0 Å². The fourth-order valence-electron chi connectivity index (χ4n) is 4.74. The molecule has 2 heterocycles. The Balaban J connectivity index is 1.58. The van der Waals surface area contributed by atoms with Crippen LogP contribution in [0.3, 0.4) is 0 Å². The second-order valence-electron chi connectivity index (χ2n) is 10.5. The van der Waals surface area contributed by atoms with Crippen molar-refractivity contribution in [2.75, 3.05) is 13.2 Å². The van der Waals surface area contributed by atoms with Crippen LogP contribution in [0.2, 0.25) is 18.1 Å². The maximum atomic E-state index is 12.5. The van der Waals surface area contributed by atoms with Gasteiger partial charge in [-0.25, -0.2) is 4.79 Å². The lowest BCUT2D eigenvalue weighted by molar-refractivity contribution is -0.139. The van der Waals surface area contributed by atoms with Gasteiger partial charge in [0.1, 0.15) is 6.23 Å². The summed E-state index contributed by atoms with van der Waals surface area (Å²) in [4.78, 5) is 15.0. The Morgan fingerprint density at radius 2 is 2.00 bits per heavy atom. The molecule has 4 atom stereocenters. The molecule has 2 aliphatic heterocycles. The number of hydrogen-bond donors (Lipinski definition) is 0. The van der Waals surface area contributed by atoms with Gasteiger partial charge in [-0.05, 0) is 36.2 Å². The molecule has 1 fully saturated rings. The summed E-state index contributed by atoms with van der Waals surface area (Å²) in [5, 5.41) is 0.178. The van der Waals surface area contributed by atoms with Crippen LogP contribution in [0, 0.1) is 0 Å². The van der Waals surface area contributed by atoms with Gasteiger partial charge >= 0.3 is 5.97 Å². The van der Waals surface area contributed by atoms with Gasteiger partial charge in [0.2, 0.25) is 0 Å². The lowest BCUT2D eigenvalue weighted by atomic mass is 9.97. The molecular formula is C26H37NO4Si. The van der Waals surface area contributed by atoms with Crippen LogP contribution in [0.5, 0.6) is 0 Å². The molecule has 0 aromatic heterocycles. The van der Waals surface area contributed by atoms with Gasteiger partial charge < -0.3 is 13.9 Å². The van der Waals surface area contributed by atoms with E-state index in [1.165, 1.54) is 11.1 Å². The van der Waals surface area contributed by atoms with Crippen molar-refractivity contribution in [2.45, 2.75) is 83.1 Å². The molecule has 0 amide bonds. The van der Waals surface area contributed by atoms with Crippen molar-refractivity contribution >= 4 is 14.3 Å². The molecule has 4 rings (SSSR count). The van der Waals surface area contributed by atoms with Crippen LogP contribution in [0.1, 0.15) is 51.3 Å². The van der Waals surface area contributed by atoms with Crippen molar-refractivity contribution in [1.82, 2.24) is 4.90 Å². The summed E-state index contributed by atoms with van der Waals surface area (Å²) >= 11 is 0. The molecule has 32 heavy (non-hydrogen) atoms. The van der Waals surface area contributed by atoms with Crippen LogP contribution in [0.15, 0.2) is 48.1 Å². The summed E-state index contributed by atoms with van der Waals surface area (Å²) in [5.41, 5.74) is 3.43. The zero-order valence-electron chi connectivity index (χ0n) is 20.3. The van der Waals surface area contributed by atoms with E-state index >= 15 is 0 Å². The predicted molar refractivity (Wildman–Crippen MR) is 129 cm³/mol. The van der Waals surface area contributed by atoms with Crippen molar-refractivity contribution in [2.24, 2.45) is 0 Å². The Morgan fingerprint density at radius 3 is 2.72 bits per heavy atom. The van der Waals surface area contributed by atoms with Crippen LogP contribution >= 0.6 is 0 Å². The van der Waals surface area contributed by atoms with E-state index in [0.717, 1.165) is 6.42 Å². The van der Waals surface area contributed by atoms with Crippen molar-refractivity contribution in [3.63, 3.8) is 0 Å². The van der Waals surface area contributed by atoms with Gasteiger partial charge in [-0.3, -0.25) is 4.90 Å². The van der Waals surface area contributed by atoms with E-state index < -0.39 is 8.32 Å². The Bertz CT molecular complexity index is 917. The van der Waals surface area contributed by atoms with Gasteiger partial charge in [0.15, 0.2) is 8.32 Å². The number of ether oxygens (including phenoxy) is 2. The van der Waals surface area contributed by atoms with Gasteiger partial charge in [-0.1, -0.05) is 63.3 Å². The quantitative estimate of drug-likeness (QED) is 0.337. The molecule has 1 aromatic rings. The smallest absolute Gasteiger partial charge is 0.333 e. The molecule has 3 aliphatic rings. The van der Waals surface area contributed by atoms with Crippen molar-refractivity contribution in [3.05, 3.63) is 59.2 Å². The first-order chi connectivity index (χ1) is 15.1.